The average Bonchev–Trinajstić information content (AvgIpc) is 3.04. The van der Waals surface area contributed by atoms with Crippen LogP contribution in [0.25, 0.3) is 0 Å². The number of carbonyl (C=O) groups excluding carboxylic acids is 2. The number of carbonyl (C=O) groups is 2. The van der Waals surface area contributed by atoms with Gasteiger partial charge in [0, 0.05) is 6.54 Å². The van der Waals surface area contributed by atoms with Crippen molar-refractivity contribution in [3.05, 3.63) is 34.0 Å². The van der Waals surface area contributed by atoms with E-state index in [0.29, 0.717) is 15.7 Å². The molecule has 0 saturated heterocycles. The summed E-state index contributed by atoms with van der Waals surface area (Å²) in [6.07, 6.45) is 3.70. The first kappa shape index (κ1) is 14.9. The van der Waals surface area contributed by atoms with Crippen molar-refractivity contribution in [1.29, 1.82) is 0 Å². The van der Waals surface area contributed by atoms with Gasteiger partial charge in [-0.3, -0.25) is 9.59 Å². The van der Waals surface area contributed by atoms with Gasteiger partial charge in [0.15, 0.2) is 5.78 Å². The Morgan fingerprint density at radius 1 is 1.41 bits per heavy atom. The second-order valence-corrected chi connectivity index (χ2v) is 6.53. The maximum atomic E-state index is 12.4. The van der Waals surface area contributed by atoms with Gasteiger partial charge in [0.25, 0.3) is 5.91 Å². The quantitative estimate of drug-likeness (QED) is 0.830. The summed E-state index contributed by atoms with van der Waals surface area (Å²) in [5.74, 6) is 1.06. The Balaban J connectivity index is 1.79. The molecule has 2 heterocycles. The molecule has 0 spiro atoms. The van der Waals surface area contributed by atoms with Gasteiger partial charge in [-0.25, -0.2) is 9.67 Å². The minimum atomic E-state index is -0.153. The van der Waals surface area contributed by atoms with E-state index in [0.717, 1.165) is 25.2 Å². The van der Waals surface area contributed by atoms with Gasteiger partial charge in [-0.2, -0.15) is 5.10 Å². The van der Waals surface area contributed by atoms with Crippen molar-refractivity contribution in [2.24, 2.45) is 5.92 Å². The highest BCUT2D eigenvalue weighted by Gasteiger charge is 2.36. The molecule has 1 atom stereocenters. The topological polar surface area (TPSA) is 76.9 Å². The third-order valence-corrected chi connectivity index (χ3v) is 4.96. The number of Topliss-reactive ketones (excluding diaryl/α,β-unsaturated/α-hetero) is 1. The predicted octanol–water partition coefficient (Wildman–Crippen LogP) is 2.44. The average molecular weight is 318 g/mol. The van der Waals surface area contributed by atoms with Crippen LogP contribution in [-0.2, 0) is 6.54 Å². The molecule has 116 valence electrons. The number of aryl methyl sites for hydroxylation is 1. The highest BCUT2D eigenvalue weighted by molar-refractivity contribution is 7.15. The van der Waals surface area contributed by atoms with E-state index in [1.165, 1.54) is 24.6 Å². The fourth-order valence-electron chi connectivity index (χ4n) is 2.44. The number of ketones is 1. The first-order chi connectivity index (χ1) is 10.6. The molecule has 6 nitrogen and oxygen atoms in total. The van der Waals surface area contributed by atoms with Gasteiger partial charge < -0.3 is 5.32 Å². The maximum absolute atomic E-state index is 12.4. The van der Waals surface area contributed by atoms with E-state index in [2.05, 4.69) is 15.4 Å². The Kier molecular flexibility index (Phi) is 4.06. The Bertz CT molecular complexity index is 702. The van der Waals surface area contributed by atoms with Crippen LogP contribution in [0.5, 0.6) is 0 Å². The molecule has 1 N–H and O–H groups in total. The summed E-state index contributed by atoms with van der Waals surface area (Å²) in [6.45, 7) is 4.23. The zero-order chi connectivity index (χ0) is 15.7. The first-order valence-corrected chi connectivity index (χ1v) is 8.21. The Hall–Kier alpha value is -2.02. The van der Waals surface area contributed by atoms with Crippen LogP contribution in [0.3, 0.4) is 0 Å². The second-order valence-electron chi connectivity index (χ2n) is 5.44. The monoisotopic (exact) mass is 318 g/mol. The molecule has 0 radical (unpaired) electrons. The Labute approximate surface area is 132 Å². The molecular formula is C15H18N4O2S. The van der Waals surface area contributed by atoms with E-state index in [4.69, 9.17) is 0 Å². The van der Waals surface area contributed by atoms with Crippen LogP contribution >= 0.6 is 11.3 Å². The lowest BCUT2D eigenvalue weighted by atomic mass is 10.1. The third kappa shape index (κ3) is 2.94. The fourth-order valence-corrected chi connectivity index (χ4v) is 3.25. The fraction of sp³-hybridized carbons (Fsp3) is 0.467. The minimum Gasteiger partial charge on any atom is -0.341 e. The predicted molar refractivity (Wildman–Crippen MR) is 83.0 cm³/mol. The van der Waals surface area contributed by atoms with Crippen molar-refractivity contribution in [2.45, 2.75) is 39.3 Å². The molecule has 0 aliphatic heterocycles. The molecule has 1 saturated carbocycles. The summed E-state index contributed by atoms with van der Waals surface area (Å²) in [7, 11) is 0. The van der Waals surface area contributed by atoms with E-state index < -0.39 is 0 Å². The normalized spacial score (nSPS) is 15.5. The molecule has 1 amide bonds. The van der Waals surface area contributed by atoms with E-state index in [1.54, 1.807) is 12.1 Å². The van der Waals surface area contributed by atoms with E-state index in [-0.39, 0.29) is 17.7 Å². The lowest BCUT2D eigenvalue weighted by Crippen LogP contribution is -2.31. The largest absolute Gasteiger partial charge is 0.341 e. The van der Waals surface area contributed by atoms with Gasteiger partial charge in [0.05, 0.1) is 15.8 Å². The molecule has 7 heteroatoms. The third-order valence-electron chi connectivity index (χ3n) is 3.78. The summed E-state index contributed by atoms with van der Waals surface area (Å²) < 4.78 is 1.82. The number of rotatable bonds is 6. The van der Waals surface area contributed by atoms with Gasteiger partial charge in [0.2, 0.25) is 0 Å². The van der Waals surface area contributed by atoms with E-state index in [9.17, 15) is 9.59 Å². The van der Waals surface area contributed by atoms with Gasteiger partial charge in [-0.05, 0) is 44.7 Å². The van der Waals surface area contributed by atoms with Crippen molar-refractivity contribution in [1.82, 2.24) is 20.1 Å². The summed E-state index contributed by atoms with van der Waals surface area (Å²) in [4.78, 5) is 29.3. The van der Waals surface area contributed by atoms with Gasteiger partial charge in [0.1, 0.15) is 12.2 Å². The summed E-state index contributed by atoms with van der Waals surface area (Å²) in [6, 6.07) is 3.28. The molecule has 2 aromatic heterocycles. The molecule has 22 heavy (non-hydrogen) atoms. The highest BCUT2D eigenvalue weighted by Crippen LogP contribution is 2.40. The minimum absolute atomic E-state index is 0.0199. The standard InChI is InChI=1S/C15H18N4O2S/c1-3-19-14(16-8-17-19)13(10-4-5-10)18-15(21)12-7-6-11(22-12)9(2)20/h6-8,10,13H,3-5H2,1-2H3,(H,18,21)/t13-/m0/s1. The number of aromatic nitrogens is 3. The van der Waals surface area contributed by atoms with Gasteiger partial charge in [-0.15, -0.1) is 11.3 Å². The molecule has 3 rings (SSSR count). The zero-order valence-corrected chi connectivity index (χ0v) is 13.4. The summed E-state index contributed by atoms with van der Waals surface area (Å²) in [5, 5.41) is 7.25. The molecular weight excluding hydrogens is 300 g/mol. The number of amides is 1. The van der Waals surface area contributed by atoms with Crippen LogP contribution in [-0.4, -0.2) is 26.5 Å². The smallest absolute Gasteiger partial charge is 0.261 e. The maximum Gasteiger partial charge on any atom is 0.261 e. The summed E-state index contributed by atoms with van der Waals surface area (Å²) in [5.41, 5.74) is 0. The number of thiophene rings is 1. The van der Waals surface area contributed by atoms with Crippen molar-refractivity contribution in [3.8, 4) is 0 Å². The number of hydrogen-bond acceptors (Lipinski definition) is 5. The van der Waals surface area contributed by atoms with Crippen LogP contribution in [0.1, 0.15) is 57.9 Å². The van der Waals surface area contributed by atoms with Crippen molar-refractivity contribution < 1.29 is 9.59 Å². The van der Waals surface area contributed by atoms with Crippen molar-refractivity contribution in [3.63, 3.8) is 0 Å². The molecule has 0 bridgehead atoms. The lowest BCUT2D eigenvalue weighted by molar-refractivity contribution is 0.0932. The molecule has 1 fully saturated rings. The SMILES string of the molecule is CCn1ncnc1[C@@H](NC(=O)c1ccc(C(C)=O)s1)C1CC1. The van der Waals surface area contributed by atoms with Crippen LogP contribution < -0.4 is 5.32 Å². The van der Waals surface area contributed by atoms with E-state index in [1.807, 2.05) is 11.6 Å². The van der Waals surface area contributed by atoms with E-state index >= 15 is 0 Å². The second kappa shape index (κ2) is 6.00. The zero-order valence-electron chi connectivity index (χ0n) is 12.6. The molecule has 1 aliphatic carbocycles. The molecule has 2 aromatic rings. The Morgan fingerprint density at radius 3 is 2.73 bits per heavy atom. The van der Waals surface area contributed by atoms with Crippen molar-refractivity contribution in [2.75, 3.05) is 0 Å². The van der Waals surface area contributed by atoms with Gasteiger partial charge >= 0.3 is 0 Å². The summed E-state index contributed by atoms with van der Waals surface area (Å²) >= 11 is 1.23. The first-order valence-electron chi connectivity index (χ1n) is 7.39. The lowest BCUT2D eigenvalue weighted by Gasteiger charge is -2.17. The van der Waals surface area contributed by atoms with Crippen LogP contribution in [0.4, 0.5) is 0 Å². The molecule has 1 aliphatic rings. The number of nitrogens with zero attached hydrogens (tertiary/aromatic N) is 3. The highest BCUT2D eigenvalue weighted by atomic mass is 32.1. The van der Waals surface area contributed by atoms with Crippen LogP contribution in [0, 0.1) is 5.92 Å². The number of nitrogens with one attached hydrogen (secondary N) is 1. The van der Waals surface area contributed by atoms with Crippen LogP contribution in [0.15, 0.2) is 18.5 Å². The molecule has 0 aromatic carbocycles. The van der Waals surface area contributed by atoms with Gasteiger partial charge in [-0.1, -0.05) is 0 Å². The van der Waals surface area contributed by atoms with Crippen LogP contribution in [0.2, 0.25) is 0 Å². The number of hydrogen-bond donors (Lipinski definition) is 1. The molecule has 0 unspecified atom stereocenters. The van der Waals surface area contributed by atoms with Crippen molar-refractivity contribution >= 4 is 23.0 Å². The Morgan fingerprint density at radius 2 is 2.14 bits per heavy atom.